The van der Waals surface area contributed by atoms with Crippen molar-refractivity contribution >= 4 is 80.4 Å². The Morgan fingerprint density at radius 2 is 0.985 bits per heavy atom. The minimum Gasteiger partial charge on any atom is -0.506 e. The molecule has 6 nitrogen and oxygen atoms in total. The van der Waals surface area contributed by atoms with Crippen molar-refractivity contribution in [1.82, 2.24) is 0 Å². The predicted octanol–water partition coefficient (Wildman–Crippen LogP) is 13.3. The molecule has 0 amide bonds. The van der Waals surface area contributed by atoms with Gasteiger partial charge in [0.15, 0.2) is 0 Å². The summed E-state index contributed by atoms with van der Waals surface area (Å²) in [6, 6.07) is 38.4. The number of aliphatic hydroxyl groups excluding tert-OH is 1. The first kappa shape index (κ1) is 47.3. The minimum atomic E-state index is -0.326. The van der Waals surface area contributed by atoms with Crippen molar-refractivity contribution in [3.05, 3.63) is 142 Å². The van der Waals surface area contributed by atoms with Gasteiger partial charge in [-0.25, -0.2) is 0 Å². The van der Waals surface area contributed by atoms with Gasteiger partial charge in [-0.1, -0.05) is 226 Å². The summed E-state index contributed by atoms with van der Waals surface area (Å²) in [6.07, 6.45) is 29.0. The zero-order valence-electron chi connectivity index (χ0n) is 40.9. The van der Waals surface area contributed by atoms with E-state index in [9.17, 15) is 9.90 Å². The summed E-state index contributed by atoms with van der Waals surface area (Å²) in [5.41, 5.74) is 9.14. The van der Waals surface area contributed by atoms with Crippen LogP contribution in [0.3, 0.4) is 0 Å². The normalized spacial score (nSPS) is 14.8. The predicted molar refractivity (Wildman–Crippen MR) is 292 cm³/mol. The van der Waals surface area contributed by atoms with Crippen LogP contribution in [0.2, 0.25) is 0 Å². The van der Waals surface area contributed by atoms with Crippen molar-refractivity contribution in [3.63, 3.8) is 0 Å². The molecule has 0 saturated carbocycles. The zero-order valence-corrected chi connectivity index (χ0v) is 40.9. The highest BCUT2D eigenvalue weighted by molar-refractivity contribution is 6.80. The number of aliphatic hydroxyl groups is 1. The van der Waals surface area contributed by atoms with Gasteiger partial charge in [0, 0.05) is 38.6 Å². The van der Waals surface area contributed by atoms with E-state index in [0.717, 1.165) is 67.7 Å². The zero-order chi connectivity index (χ0) is 46.7. The first-order valence-electron chi connectivity index (χ1n) is 26.7. The monoisotopic (exact) mass is 903 g/mol. The van der Waals surface area contributed by atoms with Crippen molar-refractivity contribution in [2.24, 2.45) is 4.90 Å². The van der Waals surface area contributed by atoms with Crippen molar-refractivity contribution in [2.75, 3.05) is 15.7 Å². The molecule has 0 bridgehead atoms. The summed E-state index contributed by atoms with van der Waals surface area (Å²) in [5, 5.41) is 28.8. The summed E-state index contributed by atoms with van der Waals surface area (Å²) in [6.45, 7) is 4.03. The lowest BCUT2D eigenvalue weighted by Gasteiger charge is -2.31. The third-order valence-corrected chi connectivity index (χ3v) is 14.9. The lowest BCUT2D eigenvalue weighted by molar-refractivity contribution is -0.109. The molecular weight excluding hydrogens is 830 g/mol. The molecular formula is C60H72B2N4O2. The van der Waals surface area contributed by atoms with Crippen LogP contribution in [0, 0.1) is 0 Å². The number of anilines is 3. The third-order valence-electron chi connectivity index (χ3n) is 14.9. The van der Waals surface area contributed by atoms with E-state index in [1.807, 2.05) is 18.2 Å². The van der Waals surface area contributed by atoms with Gasteiger partial charge in [0.25, 0.3) is 0 Å². The molecule has 9 rings (SSSR count). The molecule has 0 spiro atoms. The second kappa shape index (κ2) is 23.0. The fourth-order valence-electron chi connectivity index (χ4n) is 10.9. The molecule has 68 heavy (non-hydrogen) atoms. The quantitative estimate of drug-likeness (QED) is 0.0340. The van der Waals surface area contributed by atoms with E-state index in [2.05, 4.69) is 121 Å². The summed E-state index contributed by atoms with van der Waals surface area (Å²) < 4.78 is 0. The standard InChI is InChI=1S/C60H72B2N4O2/c1-3-5-7-9-11-13-15-17-19-21-25-43-31-37-47(38-32-43)61-63-51-29-23-27-45-35-41-49(57(65-61)53(45)51)55-59(67)56(60(55)68)50-42-36-46-28-24-30-52-54(46)58(50)66-62(64-52)48-39-33-44(34-40-48)26-22-20-18-16-14-12-10-8-6-4-2/h23-24,27-42,63-65,67H,3-22,25-26H2,1-2H3/b56-50-. The maximum absolute atomic E-state index is 14.6. The molecule has 6 aromatic rings. The first-order chi connectivity index (χ1) is 33.5. The number of benzene rings is 6. The topological polar surface area (TPSA) is 85.8 Å². The van der Waals surface area contributed by atoms with Crippen molar-refractivity contribution in [3.8, 4) is 0 Å². The van der Waals surface area contributed by atoms with Crippen LogP contribution in [0.4, 0.5) is 17.1 Å². The molecule has 0 radical (unpaired) electrons. The lowest BCUT2D eigenvalue weighted by Crippen LogP contribution is -2.48. The summed E-state index contributed by atoms with van der Waals surface area (Å²) in [7, 11) is 0. The van der Waals surface area contributed by atoms with Gasteiger partial charge in [-0.05, 0) is 70.6 Å². The molecule has 3 aliphatic rings. The highest BCUT2D eigenvalue weighted by atomic mass is 16.3. The van der Waals surface area contributed by atoms with Crippen molar-refractivity contribution in [1.29, 1.82) is 0 Å². The number of allylic oxidation sites excluding steroid dienone is 2. The number of unbranched alkanes of at least 4 members (excludes halogenated alkanes) is 18. The van der Waals surface area contributed by atoms with Crippen LogP contribution >= 0.6 is 0 Å². The molecule has 8 heteroatoms. The molecule has 2 heterocycles. The number of carbonyl (C=O) groups is 1. The van der Waals surface area contributed by atoms with Crippen LogP contribution in [0.15, 0.2) is 120 Å². The van der Waals surface area contributed by atoms with Crippen LogP contribution in [-0.4, -0.2) is 24.9 Å². The second-order valence-electron chi connectivity index (χ2n) is 19.9. The largest absolute Gasteiger partial charge is 0.506 e. The molecule has 0 aromatic heterocycles. The maximum Gasteiger partial charge on any atom is 0.427 e. The Labute approximate surface area is 406 Å². The number of nitrogens with zero attached hydrogens (tertiary/aromatic N) is 1. The van der Waals surface area contributed by atoms with E-state index >= 15 is 0 Å². The van der Waals surface area contributed by atoms with Crippen LogP contribution in [0.5, 0.6) is 0 Å². The SMILES string of the molecule is CCCCCCCCCCCCc1ccc(B2N=c3/c(=C4\C(=O)C(c5ccc6cccc7c6c5NB(c5ccc(CCCCCCCCCCCC)cc5)N7)=C4O)ccc4cccc(c34)N2)cc1. The molecule has 4 N–H and O–H groups in total. The number of carbonyl (C=O) groups excluding carboxylic acids is 1. The minimum absolute atomic E-state index is 0.0194. The molecule has 0 fully saturated rings. The molecule has 6 aromatic carbocycles. The summed E-state index contributed by atoms with van der Waals surface area (Å²) >= 11 is 0. The van der Waals surface area contributed by atoms with E-state index in [4.69, 9.17) is 4.90 Å². The maximum atomic E-state index is 14.6. The molecule has 0 unspecified atom stereocenters. The van der Waals surface area contributed by atoms with E-state index in [-0.39, 0.29) is 25.5 Å². The number of hydrogen-bond donors (Lipinski definition) is 4. The average Bonchev–Trinajstić information content (AvgIpc) is 3.37. The fraction of sp³-hybridized carbons (Fsp3) is 0.400. The Hall–Kier alpha value is -5.75. The van der Waals surface area contributed by atoms with Gasteiger partial charge in [0.1, 0.15) is 5.76 Å². The highest BCUT2D eigenvalue weighted by Gasteiger charge is 2.39. The van der Waals surface area contributed by atoms with Crippen LogP contribution in [0.1, 0.15) is 159 Å². The van der Waals surface area contributed by atoms with Crippen molar-refractivity contribution in [2.45, 2.75) is 155 Å². The number of rotatable bonds is 25. The van der Waals surface area contributed by atoms with Gasteiger partial charge in [-0.3, -0.25) is 4.79 Å². The molecule has 350 valence electrons. The number of ketones is 1. The Balaban J connectivity index is 0.912. The van der Waals surface area contributed by atoms with E-state index in [1.165, 1.54) is 140 Å². The van der Waals surface area contributed by atoms with Gasteiger partial charge in [-0.2, -0.15) is 0 Å². The average molecular weight is 903 g/mol. The van der Waals surface area contributed by atoms with Gasteiger partial charge in [0.2, 0.25) is 5.78 Å². The van der Waals surface area contributed by atoms with Gasteiger partial charge in [0.05, 0.1) is 16.5 Å². The van der Waals surface area contributed by atoms with Crippen molar-refractivity contribution < 1.29 is 9.90 Å². The molecule has 2 aliphatic heterocycles. The number of nitrogens with one attached hydrogen (secondary N) is 3. The fourth-order valence-corrected chi connectivity index (χ4v) is 10.9. The summed E-state index contributed by atoms with van der Waals surface area (Å²) in [4.78, 5) is 19.9. The number of hydrogen-bond acceptors (Lipinski definition) is 6. The van der Waals surface area contributed by atoms with Gasteiger partial charge >= 0.3 is 14.0 Å². The van der Waals surface area contributed by atoms with E-state index in [0.29, 0.717) is 21.9 Å². The Bertz CT molecular complexity index is 2860. The third kappa shape index (κ3) is 10.8. The Kier molecular flexibility index (Phi) is 16.0. The number of aryl methyl sites for hydroxylation is 2. The van der Waals surface area contributed by atoms with Crippen LogP contribution in [0.25, 0.3) is 32.7 Å². The van der Waals surface area contributed by atoms with Crippen LogP contribution < -0.4 is 37.2 Å². The van der Waals surface area contributed by atoms with E-state index in [1.54, 1.807) is 0 Å². The molecule has 0 saturated heterocycles. The van der Waals surface area contributed by atoms with Crippen LogP contribution in [-0.2, 0) is 17.6 Å². The Morgan fingerprint density at radius 1 is 0.485 bits per heavy atom. The Morgan fingerprint density at radius 3 is 1.54 bits per heavy atom. The summed E-state index contributed by atoms with van der Waals surface area (Å²) in [5.74, 6) is -0.149. The lowest BCUT2D eigenvalue weighted by atomic mass is 9.65. The molecule has 1 aliphatic carbocycles. The number of Topliss-reactive ketones (excluding diaryl/α,β-unsaturated/α-hetero) is 1. The molecule has 0 atom stereocenters. The van der Waals surface area contributed by atoms with Gasteiger partial charge in [-0.15, -0.1) is 0 Å². The second-order valence-corrected chi connectivity index (χ2v) is 19.9. The smallest absolute Gasteiger partial charge is 0.427 e. The highest BCUT2D eigenvalue weighted by Crippen LogP contribution is 2.45. The first-order valence-corrected chi connectivity index (χ1v) is 26.7. The van der Waals surface area contributed by atoms with Gasteiger partial charge < -0.3 is 25.7 Å². The van der Waals surface area contributed by atoms with E-state index < -0.39 is 0 Å².